The first-order valence-corrected chi connectivity index (χ1v) is 7.25. The molecule has 0 bridgehead atoms. The van der Waals surface area contributed by atoms with E-state index >= 15 is 0 Å². The first kappa shape index (κ1) is 16.5. The van der Waals surface area contributed by atoms with Gasteiger partial charge in [-0.2, -0.15) is 5.10 Å². The molecule has 0 saturated carbocycles. The maximum absolute atomic E-state index is 12.2. The van der Waals surface area contributed by atoms with Gasteiger partial charge >= 0.3 is 0 Å². The molecule has 1 aliphatic rings. The van der Waals surface area contributed by atoms with Gasteiger partial charge in [0.15, 0.2) is 0 Å². The summed E-state index contributed by atoms with van der Waals surface area (Å²) in [6.45, 7) is 3.41. The molecular formula is C16H21ClN4O. The highest BCUT2D eigenvalue weighted by atomic mass is 35.5. The molecule has 2 aromatic rings. The molecule has 2 N–H and O–H groups in total. The Balaban J connectivity index is 0.00000176. The molecule has 0 spiro atoms. The van der Waals surface area contributed by atoms with Crippen LogP contribution in [0, 0.1) is 6.92 Å². The Morgan fingerprint density at radius 1 is 1.45 bits per heavy atom. The quantitative estimate of drug-likeness (QED) is 0.906. The van der Waals surface area contributed by atoms with E-state index < -0.39 is 0 Å². The number of hydrogen-bond acceptors (Lipinski definition) is 3. The van der Waals surface area contributed by atoms with Gasteiger partial charge in [0.2, 0.25) is 0 Å². The largest absolute Gasteiger partial charge is 0.349 e. The van der Waals surface area contributed by atoms with E-state index in [1.54, 1.807) is 17.8 Å². The summed E-state index contributed by atoms with van der Waals surface area (Å²) >= 11 is 0. The Hall–Kier alpha value is -1.85. The molecule has 22 heavy (non-hydrogen) atoms. The van der Waals surface area contributed by atoms with Gasteiger partial charge in [-0.25, -0.2) is 0 Å². The second-order valence-electron chi connectivity index (χ2n) is 5.46. The Bertz CT molecular complexity index is 668. The number of aromatic nitrogens is 2. The van der Waals surface area contributed by atoms with Crippen LogP contribution in [0.3, 0.4) is 0 Å². The number of benzene rings is 1. The van der Waals surface area contributed by atoms with Crippen LogP contribution >= 0.6 is 12.4 Å². The maximum Gasteiger partial charge on any atom is 0.269 e. The van der Waals surface area contributed by atoms with Crippen LogP contribution in [-0.4, -0.2) is 28.8 Å². The van der Waals surface area contributed by atoms with Crippen LogP contribution in [-0.2, 0) is 13.5 Å². The van der Waals surface area contributed by atoms with E-state index in [0.717, 1.165) is 18.7 Å². The van der Waals surface area contributed by atoms with Crippen LogP contribution in [0.5, 0.6) is 0 Å². The highest BCUT2D eigenvalue weighted by Crippen LogP contribution is 2.21. The summed E-state index contributed by atoms with van der Waals surface area (Å²) in [4.78, 5) is 12.2. The lowest BCUT2D eigenvalue weighted by Gasteiger charge is -2.27. The Labute approximate surface area is 136 Å². The Kier molecular flexibility index (Phi) is 5.21. The third-order valence-corrected chi connectivity index (χ3v) is 3.92. The lowest BCUT2D eigenvalue weighted by molar-refractivity contribution is 0.0939. The summed E-state index contributed by atoms with van der Waals surface area (Å²) < 4.78 is 1.62. The van der Waals surface area contributed by atoms with Crippen molar-refractivity contribution in [2.75, 3.05) is 13.1 Å². The average Bonchev–Trinajstić information content (AvgIpc) is 2.83. The number of aryl methyl sites for hydroxylation is 2. The van der Waals surface area contributed by atoms with Crippen molar-refractivity contribution in [3.8, 4) is 0 Å². The van der Waals surface area contributed by atoms with Gasteiger partial charge in [0.25, 0.3) is 5.91 Å². The highest BCUT2D eigenvalue weighted by Gasteiger charge is 2.20. The minimum Gasteiger partial charge on any atom is -0.349 e. The normalized spacial score (nSPS) is 16.5. The van der Waals surface area contributed by atoms with Gasteiger partial charge in [-0.3, -0.25) is 9.48 Å². The van der Waals surface area contributed by atoms with E-state index in [2.05, 4.69) is 33.9 Å². The second kappa shape index (κ2) is 6.94. The van der Waals surface area contributed by atoms with Crippen molar-refractivity contribution in [2.24, 2.45) is 7.05 Å². The van der Waals surface area contributed by atoms with Crippen LogP contribution in [0.2, 0.25) is 0 Å². The molecule has 5 nitrogen and oxygen atoms in total. The fraction of sp³-hybridized carbons (Fsp3) is 0.375. The van der Waals surface area contributed by atoms with Crippen LogP contribution in [0.25, 0.3) is 0 Å². The fourth-order valence-electron chi connectivity index (χ4n) is 2.88. The second-order valence-corrected chi connectivity index (χ2v) is 5.46. The summed E-state index contributed by atoms with van der Waals surface area (Å²) in [5.41, 5.74) is 4.09. The summed E-state index contributed by atoms with van der Waals surface area (Å²) in [5, 5.41) is 10.7. The molecule has 0 fully saturated rings. The van der Waals surface area contributed by atoms with Gasteiger partial charge < -0.3 is 10.6 Å². The molecule has 118 valence electrons. The number of carbonyl (C=O) groups excluding carboxylic acids is 1. The van der Waals surface area contributed by atoms with Crippen LogP contribution in [0.15, 0.2) is 30.3 Å². The zero-order chi connectivity index (χ0) is 14.8. The molecule has 1 atom stereocenters. The number of halogens is 1. The number of fused-ring (bicyclic) bond motifs is 1. The number of amides is 1. The van der Waals surface area contributed by atoms with E-state index in [-0.39, 0.29) is 24.4 Å². The number of nitrogens with zero attached hydrogens (tertiary/aromatic N) is 2. The van der Waals surface area contributed by atoms with Crippen LogP contribution < -0.4 is 10.6 Å². The monoisotopic (exact) mass is 320 g/mol. The molecule has 3 rings (SSSR count). The van der Waals surface area contributed by atoms with Gasteiger partial charge in [-0.05, 0) is 37.1 Å². The molecule has 0 saturated heterocycles. The number of hydrogen-bond donors (Lipinski definition) is 2. The Morgan fingerprint density at radius 2 is 2.23 bits per heavy atom. The minimum atomic E-state index is -0.0806. The van der Waals surface area contributed by atoms with Crippen LogP contribution in [0.1, 0.15) is 33.4 Å². The lowest BCUT2D eigenvalue weighted by atomic mass is 9.94. The zero-order valence-corrected chi connectivity index (χ0v) is 13.6. The molecule has 1 unspecified atom stereocenters. The molecular weight excluding hydrogens is 300 g/mol. The van der Waals surface area contributed by atoms with Gasteiger partial charge in [0, 0.05) is 19.6 Å². The zero-order valence-electron chi connectivity index (χ0n) is 12.8. The molecule has 2 heterocycles. The predicted molar refractivity (Wildman–Crippen MR) is 88.4 cm³/mol. The topological polar surface area (TPSA) is 59.0 Å². The van der Waals surface area contributed by atoms with E-state index in [0.29, 0.717) is 12.2 Å². The van der Waals surface area contributed by atoms with Crippen molar-refractivity contribution >= 4 is 18.3 Å². The van der Waals surface area contributed by atoms with E-state index in [1.165, 1.54) is 11.1 Å². The van der Waals surface area contributed by atoms with Crippen molar-refractivity contribution in [2.45, 2.75) is 19.4 Å². The predicted octanol–water partition coefficient (Wildman–Crippen LogP) is 1.77. The van der Waals surface area contributed by atoms with Crippen LogP contribution in [0.4, 0.5) is 0 Å². The van der Waals surface area contributed by atoms with Gasteiger partial charge in [0.05, 0.1) is 5.69 Å². The minimum absolute atomic E-state index is 0. The van der Waals surface area contributed by atoms with Crippen molar-refractivity contribution < 1.29 is 4.79 Å². The molecule has 1 amide bonds. The summed E-state index contributed by atoms with van der Waals surface area (Å²) in [6, 6.07) is 10.4. The molecule has 1 aliphatic heterocycles. The first-order chi connectivity index (χ1) is 10.1. The molecule has 6 heteroatoms. The number of carbonyl (C=O) groups is 1. The number of rotatable bonds is 3. The lowest BCUT2D eigenvalue weighted by Crippen LogP contribution is -2.39. The van der Waals surface area contributed by atoms with Gasteiger partial charge in [0.1, 0.15) is 5.69 Å². The van der Waals surface area contributed by atoms with Crippen molar-refractivity contribution in [3.05, 3.63) is 52.8 Å². The van der Waals surface area contributed by atoms with Crippen molar-refractivity contribution in [1.82, 2.24) is 20.4 Å². The number of nitrogens with one attached hydrogen (secondary N) is 2. The van der Waals surface area contributed by atoms with E-state index in [9.17, 15) is 4.79 Å². The SMILES string of the molecule is Cc1cc(C(=O)NCC2NCCc3ccccc32)n(C)n1.Cl. The molecule has 1 aromatic heterocycles. The maximum atomic E-state index is 12.2. The summed E-state index contributed by atoms with van der Waals surface area (Å²) in [6.07, 6.45) is 1.04. The molecule has 1 aromatic carbocycles. The third-order valence-electron chi connectivity index (χ3n) is 3.92. The van der Waals surface area contributed by atoms with Crippen molar-refractivity contribution in [1.29, 1.82) is 0 Å². The fourth-order valence-corrected chi connectivity index (χ4v) is 2.88. The van der Waals surface area contributed by atoms with E-state index in [4.69, 9.17) is 0 Å². The summed E-state index contributed by atoms with van der Waals surface area (Å²) in [5.74, 6) is -0.0806. The molecule has 0 radical (unpaired) electrons. The standard InChI is InChI=1S/C16H20N4O.ClH/c1-11-9-15(20(2)19-11)16(21)18-10-14-13-6-4-3-5-12(13)7-8-17-14;/h3-6,9,14,17H,7-8,10H2,1-2H3,(H,18,21);1H. The first-order valence-electron chi connectivity index (χ1n) is 7.25. The highest BCUT2D eigenvalue weighted by molar-refractivity contribution is 5.92. The van der Waals surface area contributed by atoms with Crippen molar-refractivity contribution in [3.63, 3.8) is 0 Å². The smallest absolute Gasteiger partial charge is 0.269 e. The van der Waals surface area contributed by atoms with E-state index in [1.807, 2.05) is 13.0 Å². The van der Waals surface area contributed by atoms with Gasteiger partial charge in [-0.1, -0.05) is 24.3 Å². The summed E-state index contributed by atoms with van der Waals surface area (Å²) in [7, 11) is 1.79. The van der Waals surface area contributed by atoms with Gasteiger partial charge in [-0.15, -0.1) is 12.4 Å². The third kappa shape index (κ3) is 3.31. The molecule has 0 aliphatic carbocycles. The Morgan fingerprint density at radius 3 is 2.95 bits per heavy atom. The average molecular weight is 321 g/mol.